The van der Waals surface area contributed by atoms with E-state index in [1.165, 1.54) is 32.8 Å². The van der Waals surface area contributed by atoms with Crippen LogP contribution < -0.4 is 62.2 Å². The first-order chi connectivity index (χ1) is 51.7. The number of hydrogen-bond acceptors (Lipinski definition) is 9. The Morgan fingerprint density at radius 3 is 1.00 bits per heavy atom. The number of benzene rings is 13. The van der Waals surface area contributed by atoms with Crippen LogP contribution in [-0.4, -0.2) is 28.4 Å². The van der Waals surface area contributed by atoms with E-state index >= 15 is 0 Å². The van der Waals surface area contributed by atoms with Crippen molar-refractivity contribution in [1.29, 1.82) is 0 Å². The molecule has 16 aromatic rings. The van der Waals surface area contributed by atoms with E-state index < -0.39 is 0 Å². The van der Waals surface area contributed by atoms with Crippen LogP contribution in [0.1, 0.15) is 0 Å². The molecule has 3 aromatic heterocycles. The maximum absolute atomic E-state index is 5.16. The Morgan fingerprint density at radius 1 is 0.212 bits per heavy atom. The van der Waals surface area contributed by atoms with Crippen molar-refractivity contribution in [3.63, 3.8) is 0 Å². The van der Waals surface area contributed by atoms with Crippen LogP contribution in [0.3, 0.4) is 0 Å². The van der Waals surface area contributed by atoms with Gasteiger partial charge in [-0.05, 0) is 191 Å². The Balaban J connectivity index is 0.927. The molecule has 4 aliphatic heterocycles. The number of aromatic nitrogens is 3. The third-order valence-electron chi connectivity index (χ3n) is 20.9. The van der Waals surface area contributed by atoms with Crippen molar-refractivity contribution in [3.8, 4) is 33.8 Å². The first-order valence-electron chi connectivity index (χ1n) is 35.5. The van der Waals surface area contributed by atoms with E-state index in [0.717, 1.165) is 136 Å². The van der Waals surface area contributed by atoms with E-state index in [0.29, 0.717) is 0 Å². The van der Waals surface area contributed by atoms with Crippen LogP contribution in [0.2, 0.25) is 0 Å². The Morgan fingerprint density at radius 2 is 0.538 bits per heavy atom. The second-order valence-electron chi connectivity index (χ2n) is 26.6. The fourth-order valence-electron chi connectivity index (χ4n) is 16.7. The summed E-state index contributed by atoms with van der Waals surface area (Å²) in [5, 5.41) is 0. The summed E-state index contributed by atoms with van der Waals surface area (Å²) in [6.45, 7) is -0.532. The second kappa shape index (κ2) is 25.1. The molecule has 0 saturated heterocycles. The zero-order valence-electron chi connectivity index (χ0n) is 56.6. The topological polar surface area (TPSA) is 58.1 Å². The lowest BCUT2D eigenvalue weighted by Gasteiger charge is -2.48. The summed E-state index contributed by atoms with van der Waals surface area (Å²) in [7, 11) is 0. The van der Waals surface area contributed by atoms with Gasteiger partial charge in [-0.2, -0.15) is 0 Å². The molecular formula is C93H63B2N9. The molecule has 20 rings (SSSR count). The highest BCUT2D eigenvalue weighted by atomic mass is 15.2. The van der Waals surface area contributed by atoms with Crippen molar-refractivity contribution in [2.75, 3.05) is 29.4 Å². The molecule has 0 bridgehead atoms. The lowest BCUT2D eigenvalue weighted by molar-refractivity contribution is 1.21. The predicted molar refractivity (Wildman–Crippen MR) is 434 cm³/mol. The fraction of sp³-hybridized carbons (Fsp3) is 0. The molecule has 11 heteroatoms. The van der Waals surface area contributed by atoms with E-state index in [2.05, 4.69) is 375 Å². The molecule has 0 unspecified atom stereocenters. The molecule has 104 heavy (non-hydrogen) atoms. The average Bonchev–Trinajstić information content (AvgIpc) is 0.682. The minimum Gasteiger partial charge on any atom is -0.311 e. The number of nitrogens with zero attached hydrogens (tertiary/aromatic N) is 9. The third-order valence-corrected chi connectivity index (χ3v) is 20.9. The van der Waals surface area contributed by atoms with E-state index in [1.807, 2.05) is 36.8 Å². The number of hydrogen-bond donors (Lipinski definition) is 0. The summed E-state index contributed by atoms with van der Waals surface area (Å²) < 4.78 is 0. The monoisotopic (exact) mass is 1330 g/mol. The number of rotatable bonds is 13. The number of pyridine rings is 3. The van der Waals surface area contributed by atoms with Gasteiger partial charge in [0.15, 0.2) is 0 Å². The molecule has 0 atom stereocenters. The summed E-state index contributed by atoms with van der Waals surface area (Å²) in [4.78, 5) is 30.3. The zero-order chi connectivity index (χ0) is 68.6. The van der Waals surface area contributed by atoms with Crippen LogP contribution in [0.15, 0.2) is 383 Å². The highest BCUT2D eigenvalue weighted by Crippen LogP contribution is 2.54. The Labute approximate surface area is 605 Å². The molecule has 13 aromatic carbocycles. The van der Waals surface area contributed by atoms with Crippen LogP contribution in [0, 0.1) is 0 Å². The summed E-state index contributed by atoms with van der Waals surface area (Å²) in [6.07, 6.45) is 5.69. The van der Waals surface area contributed by atoms with Crippen LogP contribution in [0.25, 0.3) is 33.8 Å². The minimum atomic E-state index is -0.280. The molecule has 0 N–H and O–H groups in total. The second-order valence-corrected chi connectivity index (χ2v) is 26.6. The average molecular weight is 1330 g/mol. The standard InChI is InChI=1S/C93H63B2N9/c1-6-32-64(33-7-1)99(65-34-8-2-9-35-65)69-58-88-92-91(59-69)104(83-52-23-18-44-73(83)80-49-28-31-57-98-80)87-63-86-76(62-77(87)94(92)74-45-19-24-53-84(74)101(88)67-38-12-4-13-39-67)95-75-46-20-25-54-85(75)103(82-51-22-17-43-72(82)79-48-27-30-56-97-79)90-61-70(60-89(93(90)95)102(86)68-40-14-5-15-41-68)100(66-36-10-3-11-37-66)81-50-21-16-42-71(81)78-47-26-29-55-96-78/h1-63H. The molecule has 0 radical (unpaired) electrons. The van der Waals surface area contributed by atoms with Gasteiger partial charge in [-0.25, -0.2) is 0 Å². The van der Waals surface area contributed by atoms with Gasteiger partial charge in [-0.3, -0.25) is 15.0 Å². The molecule has 4 aliphatic rings. The first-order valence-corrected chi connectivity index (χ1v) is 35.5. The molecule has 486 valence electrons. The maximum Gasteiger partial charge on any atom is 0.252 e. The van der Waals surface area contributed by atoms with E-state index in [1.54, 1.807) is 0 Å². The largest absolute Gasteiger partial charge is 0.311 e. The smallest absolute Gasteiger partial charge is 0.252 e. The van der Waals surface area contributed by atoms with Crippen LogP contribution >= 0.6 is 0 Å². The lowest BCUT2D eigenvalue weighted by atomic mass is 9.30. The van der Waals surface area contributed by atoms with Gasteiger partial charge < -0.3 is 29.4 Å². The molecule has 0 spiro atoms. The first kappa shape index (κ1) is 60.2. The molecule has 0 aliphatic carbocycles. The molecule has 9 nitrogen and oxygen atoms in total. The summed E-state index contributed by atoms with van der Waals surface area (Å²) in [6, 6.07) is 133. The fourth-order valence-corrected chi connectivity index (χ4v) is 16.7. The third kappa shape index (κ3) is 9.84. The summed E-state index contributed by atoms with van der Waals surface area (Å²) in [5.41, 5.74) is 31.7. The Kier molecular flexibility index (Phi) is 14.6. The quantitative estimate of drug-likeness (QED) is 0.105. The molecule has 0 saturated carbocycles. The van der Waals surface area contributed by atoms with Gasteiger partial charge in [0.2, 0.25) is 0 Å². The van der Waals surface area contributed by atoms with Gasteiger partial charge in [0, 0.05) is 109 Å². The van der Waals surface area contributed by atoms with Crippen molar-refractivity contribution >= 4 is 149 Å². The number of anilines is 18. The number of fused-ring (bicyclic) bond motifs is 8. The van der Waals surface area contributed by atoms with Crippen molar-refractivity contribution < 1.29 is 0 Å². The zero-order valence-corrected chi connectivity index (χ0v) is 56.6. The highest BCUT2D eigenvalue weighted by Gasteiger charge is 2.49. The maximum atomic E-state index is 5.16. The van der Waals surface area contributed by atoms with Gasteiger partial charge in [-0.1, -0.05) is 206 Å². The normalized spacial score (nSPS) is 12.7. The Hall–Kier alpha value is -13.8. The van der Waals surface area contributed by atoms with Gasteiger partial charge in [0.25, 0.3) is 13.4 Å². The molecular weight excluding hydrogens is 1260 g/mol. The van der Waals surface area contributed by atoms with Crippen LogP contribution in [0.5, 0.6) is 0 Å². The predicted octanol–water partition coefficient (Wildman–Crippen LogP) is 20.0. The summed E-state index contributed by atoms with van der Waals surface area (Å²) >= 11 is 0. The van der Waals surface area contributed by atoms with Crippen molar-refractivity contribution in [2.45, 2.75) is 0 Å². The SMILES string of the molecule is c1ccc(N(c2ccccc2)c2cc3c4c(c2)N(c2ccccc2-c2ccccn2)c2cc5c(cc2B4c2ccccc2N3c2ccccc2)B2c3ccccc3N(c3ccccc3-c3ccccn3)c3cc(N(c4ccccc4)c4ccccc4-c4ccccn4)cc(c32)N5c2ccccc2)cc1. The Bertz CT molecular complexity index is 5880. The highest BCUT2D eigenvalue weighted by molar-refractivity contribution is 7.03. The van der Waals surface area contributed by atoms with Crippen LogP contribution in [0.4, 0.5) is 102 Å². The van der Waals surface area contributed by atoms with Crippen LogP contribution in [-0.2, 0) is 0 Å². The molecule has 0 amide bonds. The van der Waals surface area contributed by atoms with Crippen molar-refractivity contribution in [1.82, 2.24) is 15.0 Å². The van der Waals surface area contributed by atoms with E-state index in [-0.39, 0.29) is 13.4 Å². The molecule has 0 fully saturated rings. The van der Waals surface area contributed by atoms with E-state index in [4.69, 9.17) is 15.0 Å². The van der Waals surface area contributed by atoms with Gasteiger partial charge >= 0.3 is 0 Å². The lowest BCUT2D eigenvalue weighted by Crippen LogP contribution is -2.65. The van der Waals surface area contributed by atoms with Crippen molar-refractivity contribution in [2.24, 2.45) is 0 Å². The van der Waals surface area contributed by atoms with E-state index in [9.17, 15) is 0 Å². The van der Waals surface area contributed by atoms with Crippen molar-refractivity contribution in [3.05, 3.63) is 383 Å². The minimum absolute atomic E-state index is 0.252. The van der Waals surface area contributed by atoms with Gasteiger partial charge in [0.05, 0.1) is 45.5 Å². The van der Waals surface area contributed by atoms with Gasteiger partial charge in [0.1, 0.15) is 0 Å². The summed E-state index contributed by atoms with van der Waals surface area (Å²) in [5.74, 6) is 0. The number of para-hydroxylation sites is 10. The van der Waals surface area contributed by atoms with Gasteiger partial charge in [-0.15, -0.1) is 0 Å². The molecule has 7 heterocycles.